The molecule has 0 atom stereocenters. The number of thiazole rings is 1. The maximum atomic E-state index is 11.0. The average Bonchev–Trinajstić information content (AvgIpc) is 2.30. The highest BCUT2D eigenvalue weighted by Crippen LogP contribution is 2.23. The molecule has 0 radical (unpaired) electrons. The molecular formula is C8H12N2OS. The molecule has 0 bridgehead atoms. The number of hydrogen-bond donors (Lipinski definition) is 0. The van der Waals surface area contributed by atoms with Crippen molar-refractivity contribution in [2.45, 2.75) is 20.8 Å². The number of amides is 1. The van der Waals surface area contributed by atoms with Crippen LogP contribution in [0.1, 0.15) is 17.5 Å². The van der Waals surface area contributed by atoms with E-state index in [1.807, 2.05) is 13.8 Å². The number of anilines is 1. The number of carbonyl (C=O) groups excluding carboxylic acids is 1. The summed E-state index contributed by atoms with van der Waals surface area (Å²) in [7, 11) is 1.74. The van der Waals surface area contributed by atoms with Crippen LogP contribution in [0.3, 0.4) is 0 Å². The number of hydrogen-bond acceptors (Lipinski definition) is 3. The maximum Gasteiger partial charge on any atom is 0.225 e. The highest BCUT2D eigenvalue weighted by Gasteiger charge is 2.10. The van der Waals surface area contributed by atoms with Crippen LogP contribution in [0.5, 0.6) is 0 Å². The van der Waals surface area contributed by atoms with E-state index >= 15 is 0 Å². The molecule has 1 aromatic heterocycles. The van der Waals surface area contributed by atoms with Crippen molar-refractivity contribution in [2.75, 3.05) is 11.9 Å². The Morgan fingerprint density at radius 3 is 2.42 bits per heavy atom. The number of aromatic nitrogens is 1. The third-order valence-corrected chi connectivity index (χ3v) is 2.93. The summed E-state index contributed by atoms with van der Waals surface area (Å²) in [6.45, 7) is 5.49. The fourth-order valence-electron chi connectivity index (χ4n) is 0.734. The first kappa shape index (κ1) is 9.19. The molecule has 0 N–H and O–H groups in total. The zero-order chi connectivity index (χ0) is 9.30. The summed E-state index contributed by atoms with van der Waals surface area (Å²) in [6, 6.07) is 0. The van der Waals surface area contributed by atoms with Gasteiger partial charge in [-0.2, -0.15) is 0 Å². The van der Waals surface area contributed by atoms with Gasteiger partial charge in [0.2, 0.25) is 5.91 Å². The van der Waals surface area contributed by atoms with Gasteiger partial charge in [0, 0.05) is 18.8 Å². The summed E-state index contributed by atoms with van der Waals surface area (Å²) in [6.07, 6.45) is 0. The first-order valence-corrected chi connectivity index (χ1v) is 4.52. The van der Waals surface area contributed by atoms with Crippen LogP contribution in [0, 0.1) is 13.8 Å². The Bertz CT molecular complexity index is 287. The Labute approximate surface area is 76.0 Å². The third kappa shape index (κ3) is 1.64. The Morgan fingerprint density at radius 1 is 1.50 bits per heavy atom. The van der Waals surface area contributed by atoms with Crippen molar-refractivity contribution in [2.24, 2.45) is 0 Å². The van der Waals surface area contributed by atoms with Crippen LogP contribution in [-0.4, -0.2) is 17.9 Å². The largest absolute Gasteiger partial charge is 0.291 e. The first-order chi connectivity index (χ1) is 5.52. The summed E-state index contributed by atoms with van der Waals surface area (Å²) in [5, 5.41) is 0.775. The van der Waals surface area contributed by atoms with Gasteiger partial charge in [-0.25, -0.2) is 4.98 Å². The second-order valence-electron chi connectivity index (χ2n) is 2.72. The van der Waals surface area contributed by atoms with E-state index < -0.39 is 0 Å². The Hall–Kier alpha value is -0.900. The van der Waals surface area contributed by atoms with Gasteiger partial charge in [-0.3, -0.25) is 9.69 Å². The molecule has 0 unspecified atom stereocenters. The lowest BCUT2D eigenvalue weighted by Gasteiger charge is -2.09. The van der Waals surface area contributed by atoms with Gasteiger partial charge < -0.3 is 0 Å². The molecule has 0 spiro atoms. The fourth-order valence-corrected chi connectivity index (χ4v) is 1.65. The van der Waals surface area contributed by atoms with Crippen molar-refractivity contribution in [1.82, 2.24) is 4.98 Å². The lowest BCUT2D eigenvalue weighted by Crippen LogP contribution is -2.22. The van der Waals surface area contributed by atoms with Crippen LogP contribution in [0.4, 0.5) is 5.13 Å². The molecule has 1 amide bonds. The van der Waals surface area contributed by atoms with Crippen molar-refractivity contribution < 1.29 is 4.79 Å². The summed E-state index contributed by atoms with van der Waals surface area (Å²) in [5.41, 5.74) is 1.00. The van der Waals surface area contributed by atoms with E-state index in [0.29, 0.717) is 0 Å². The molecule has 1 heterocycles. The Balaban J connectivity index is 2.96. The van der Waals surface area contributed by atoms with Crippen LogP contribution >= 0.6 is 11.3 Å². The summed E-state index contributed by atoms with van der Waals surface area (Å²) in [5.74, 6) is 0.0174. The highest BCUT2D eigenvalue weighted by atomic mass is 32.1. The van der Waals surface area contributed by atoms with Gasteiger partial charge in [0.25, 0.3) is 0 Å². The molecule has 1 aromatic rings. The zero-order valence-corrected chi connectivity index (χ0v) is 8.53. The monoisotopic (exact) mass is 184 g/mol. The Morgan fingerprint density at radius 2 is 2.08 bits per heavy atom. The SMILES string of the molecule is CC(=O)N(C)c1nc(C)c(C)s1. The van der Waals surface area contributed by atoms with Crippen LogP contribution < -0.4 is 4.90 Å². The molecule has 3 nitrogen and oxygen atoms in total. The highest BCUT2D eigenvalue weighted by molar-refractivity contribution is 7.15. The van der Waals surface area contributed by atoms with Crippen molar-refractivity contribution >= 4 is 22.4 Å². The molecule has 0 fully saturated rings. The normalized spacial score (nSPS) is 10.0. The van der Waals surface area contributed by atoms with Crippen molar-refractivity contribution in [3.05, 3.63) is 10.6 Å². The molecule has 0 aromatic carbocycles. The molecule has 0 saturated carbocycles. The minimum absolute atomic E-state index is 0.0174. The van der Waals surface area contributed by atoms with Crippen LogP contribution in [0.15, 0.2) is 0 Å². The van der Waals surface area contributed by atoms with Gasteiger partial charge >= 0.3 is 0 Å². The van der Waals surface area contributed by atoms with E-state index in [4.69, 9.17) is 0 Å². The van der Waals surface area contributed by atoms with Crippen molar-refractivity contribution in [1.29, 1.82) is 0 Å². The second kappa shape index (κ2) is 3.23. The predicted molar refractivity (Wildman–Crippen MR) is 50.7 cm³/mol. The number of carbonyl (C=O) groups is 1. The molecule has 0 aliphatic carbocycles. The Kier molecular flexibility index (Phi) is 2.47. The molecule has 4 heteroatoms. The van der Waals surface area contributed by atoms with E-state index in [1.165, 1.54) is 6.92 Å². The second-order valence-corrected chi connectivity index (χ2v) is 3.90. The summed E-state index contributed by atoms with van der Waals surface area (Å²) < 4.78 is 0. The van der Waals surface area contributed by atoms with E-state index in [1.54, 1.807) is 23.3 Å². The topological polar surface area (TPSA) is 33.2 Å². The first-order valence-electron chi connectivity index (χ1n) is 3.70. The van der Waals surface area contributed by atoms with E-state index in [-0.39, 0.29) is 5.91 Å². The summed E-state index contributed by atoms with van der Waals surface area (Å²) >= 11 is 1.54. The summed E-state index contributed by atoms with van der Waals surface area (Å²) in [4.78, 5) is 17.9. The number of nitrogens with zero attached hydrogens (tertiary/aromatic N) is 2. The molecule has 0 aliphatic rings. The quantitative estimate of drug-likeness (QED) is 0.666. The van der Waals surface area contributed by atoms with Gasteiger partial charge in [0.05, 0.1) is 5.69 Å². The van der Waals surface area contributed by atoms with E-state index in [9.17, 15) is 4.79 Å². The van der Waals surface area contributed by atoms with Gasteiger partial charge in [0.15, 0.2) is 5.13 Å². The standard InChI is InChI=1S/C8H12N2OS/c1-5-6(2)12-8(9-5)10(4)7(3)11/h1-4H3. The molecule has 1 rings (SSSR count). The van der Waals surface area contributed by atoms with Gasteiger partial charge in [-0.15, -0.1) is 11.3 Å². The van der Waals surface area contributed by atoms with Crippen LogP contribution in [0.25, 0.3) is 0 Å². The van der Waals surface area contributed by atoms with E-state index in [0.717, 1.165) is 15.7 Å². The number of rotatable bonds is 1. The lowest BCUT2D eigenvalue weighted by molar-refractivity contribution is -0.116. The van der Waals surface area contributed by atoms with Gasteiger partial charge in [-0.05, 0) is 13.8 Å². The molecule has 12 heavy (non-hydrogen) atoms. The number of aryl methyl sites for hydroxylation is 2. The molecule has 0 saturated heterocycles. The molecule has 0 aliphatic heterocycles. The van der Waals surface area contributed by atoms with Crippen molar-refractivity contribution in [3.8, 4) is 0 Å². The minimum atomic E-state index is 0.0174. The molecule has 66 valence electrons. The van der Waals surface area contributed by atoms with Crippen LogP contribution in [0.2, 0.25) is 0 Å². The third-order valence-electron chi connectivity index (χ3n) is 1.78. The van der Waals surface area contributed by atoms with E-state index in [2.05, 4.69) is 4.98 Å². The van der Waals surface area contributed by atoms with Crippen LogP contribution in [-0.2, 0) is 4.79 Å². The maximum absolute atomic E-state index is 11.0. The average molecular weight is 184 g/mol. The minimum Gasteiger partial charge on any atom is -0.291 e. The lowest BCUT2D eigenvalue weighted by atomic mass is 10.4. The fraction of sp³-hybridized carbons (Fsp3) is 0.500. The molecular weight excluding hydrogens is 172 g/mol. The smallest absolute Gasteiger partial charge is 0.225 e. The zero-order valence-electron chi connectivity index (χ0n) is 7.71. The van der Waals surface area contributed by atoms with Crippen molar-refractivity contribution in [3.63, 3.8) is 0 Å². The predicted octanol–water partition coefficient (Wildman–Crippen LogP) is 1.74. The van der Waals surface area contributed by atoms with Gasteiger partial charge in [0.1, 0.15) is 0 Å². The van der Waals surface area contributed by atoms with Gasteiger partial charge in [-0.1, -0.05) is 0 Å².